The van der Waals surface area contributed by atoms with Gasteiger partial charge in [0.05, 0.1) is 5.54 Å². The molecule has 17 heteroatoms. The summed E-state index contributed by atoms with van der Waals surface area (Å²) in [5.41, 5.74) is 11.4. The lowest BCUT2D eigenvalue weighted by molar-refractivity contribution is -0.154. The molecule has 0 radical (unpaired) electrons. The summed E-state index contributed by atoms with van der Waals surface area (Å²) in [7, 11) is 0. The Hall–Kier alpha value is -4.86. The maximum absolute atomic E-state index is 12.8. The highest BCUT2D eigenvalue weighted by atomic mass is 35.5. The van der Waals surface area contributed by atoms with E-state index in [1.165, 1.54) is 24.3 Å². The molecular weight excluding hydrogens is 607 g/mol. The number of nitrogens with two attached hydrogens (primary N) is 2. The molecule has 1 aromatic heterocycles. The molecule has 1 amide bonds. The van der Waals surface area contributed by atoms with Crippen molar-refractivity contribution in [1.29, 1.82) is 0 Å². The zero-order chi connectivity index (χ0) is 31.9. The minimum atomic E-state index is -4.61. The zero-order valence-corrected chi connectivity index (χ0v) is 23.8. The SMILES string of the molecule is NC(N)=NCCC[C@@H](NC(=O)c1ccc(Nc2nc(NC3(c4ccc(Cl)cc4)CC3)nc(OCC(F)(F)F)n2)cc1)C(=O)O. The van der Waals surface area contributed by atoms with E-state index in [1.54, 1.807) is 12.1 Å². The number of aromatic nitrogens is 3. The van der Waals surface area contributed by atoms with E-state index in [4.69, 9.17) is 27.8 Å². The van der Waals surface area contributed by atoms with E-state index in [9.17, 15) is 27.9 Å². The van der Waals surface area contributed by atoms with E-state index in [2.05, 4.69) is 35.9 Å². The summed E-state index contributed by atoms with van der Waals surface area (Å²) in [6.45, 7) is -1.39. The molecule has 0 spiro atoms. The number of guanidine groups is 1. The van der Waals surface area contributed by atoms with Crippen molar-refractivity contribution < 1.29 is 32.6 Å². The second-order valence-corrected chi connectivity index (χ2v) is 10.3. The quantitative estimate of drug-likeness (QED) is 0.0859. The van der Waals surface area contributed by atoms with E-state index in [1.807, 2.05) is 12.1 Å². The zero-order valence-electron chi connectivity index (χ0n) is 23.1. The van der Waals surface area contributed by atoms with Crippen LogP contribution in [0.3, 0.4) is 0 Å². The van der Waals surface area contributed by atoms with Crippen LogP contribution in [0.4, 0.5) is 30.8 Å². The Morgan fingerprint density at radius 1 is 1.05 bits per heavy atom. The summed E-state index contributed by atoms with van der Waals surface area (Å²) in [4.78, 5) is 40.3. The lowest BCUT2D eigenvalue weighted by Gasteiger charge is -2.19. The van der Waals surface area contributed by atoms with Crippen LogP contribution in [0.2, 0.25) is 5.02 Å². The minimum absolute atomic E-state index is 0.0114. The van der Waals surface area contributed by atoms with E-state index in [0.29, 0.717) is 17.1 Å². The number of hydrogen-bond acceptors (Lipinski definition) is 9. The number of hydrogen-bond donors (Lipinski definition) is 6. The molecule has 0 bridgehead atoms. The number of ether oxygens (including phenoxy) is 1. The van der Waals surface area contributed by atoms with Crippen molar-refractivity contribution in [3.63, 3.8) is 0 Å². The van der Waals surface area contributed by atoms with E-state index in [-0.39, 0.29) is 36.4 Å². The maximum Gasteiger partial charge on any atom is 0.422 e. The number of rotatable bonds is 14. The van der Waals surface area contributed by atoms with Gasteiger partial charge in [-0.2, -0.15) is 28.1 Å². The molecule has 234 valence electrons. The summed E-state index contributed by atoms with van der Waals surface area (Å²) >= 11 is 6.00. The average molecular weight is 636 g/mol. The normalized spacial score (nSPS) is 14.2. The topological polar surface area (TPSA) is 203 Å². The van der Waals surface area contributed by atoms with Gasteiger partial charge in [-0.15, -0.1) is 0 Å². The fourth-order valence-corrected chi connectivity index (χ4v) is 4.24. The summed E-state index contributed by atoms with van der Waals surface area (Å²) in [6.07, 6.45) is -2.73. The van der Waals surface area contributed by atoms with Gasteiger partial charge in [0.25, 0.3) is 5.91 Å². The fraction of sp³-hybridized carbons (Fsp3) is 0.333. The first-order valence-electron chi connectivity index (χ1n) is 13.3. The Kier molecular flexibility index (Phi) is 9.93. The molecule has 1 fully saturated rings. The molecule has 0 saturated heterocycles. The van der Waals surface area contributed by atoms with Crippen LogP contribution in [0, 0.1) is 0 Å². The summed E-state index contributed by atoms with van der Waals surface area (Å²) in [6, 6.07) is 11.3. The van der Waals surface area contributed by atoms with Crippen LogP contribution >= 0.6 is 11.6 Å². The van der Waals surface area contributed by atoms with Crippen molar-refractivity contribution >= 4 is 47.0 Å². The summed E-state index contributed by atoms with van der Waals surface area (Å²) in [5, 5.41) is 18.5. The molecule has 44 heavy (non-hydrogen) atoms. The van der Waals surface area contributed by atoms with E-state index in [0.717, 1.165) is 18.4 Å². The lowest BCUT2D eigenvalue weighted by Crippen LogP contribution is -2.40. The van der Waals surface area contributed by atoms with Crippen LogP contribution in [-0.4, -0.2) is 63.3 Å². The third-order valence-corrected chi connectivity index (χ3v) is 6.68. The molecule has 1 atom stereocenters. The number of alkyl halides is 3. The number of aliphatic carboxylic acids is 1. The average Bonchev–Trinajstić information content (AvgIpc) is 3.73. The van der Waals surface area contributed by atoms with Crippen molar-refractivity contribution in [3.8, 4) is 6.01 Å². The number of carboxylic acids is 1. The number of benzene rings is 2. The molecule has 0 unspecified atom stereocenters. The number of nitrogens with one attached hydrogen (secondary N) is 3. The number of nitrogens with zero attached hydrogens (tertiary/aromatic N) is 4. The second kappa shape index (κ2) is 13.6. The molecule has 2 aromatic carbocycles. The molecule has 1 heterocycles. The lowest BCUT2D eigenvalue weighted by atomic mass is 10.1. The second-order valence-electron chi connectivity index (χ2n) is 9.90. The Morgan fingerprint density at radius 2 is 1.70 bits per heavy atom. The Morgan fingerprint density at radius 3 is 2.30 bits per heavy atom. The van der Waals surface area contributed by atoms with Gasteiger partial charge in [0.1, 0.15) is 6.04 Å². The van der Waals surface area contributed by atoms with E-state index >= 15 is 0 Å². The van der Waals surface area contributed by atoms with Crippen molar-refractivity contribution in [2.24, 2.45) is 16.5 Å². The van der Waals surface area contributed by atoms with Gasteiger partial charge in [-0.1, -0.05) is 23.7 Å². The molecule has 1 aliphatic rings. The van der Waals surface area contributed by atoms with Crippen molar-refractivity contribution in [2.75, 3.05) is 23.8 Å². The highest BCUT2D eigenvalue weighted by Crippen LogP contribution is 2.48. The number of carbonyl (C=O) groups excluding carboxylic acids is 1. The number of aliphatic imine (C=N–C) groups is 1. The van der Waals surface area contributed by atoms with Crippen molar-refractivity contribution in [2.45, 2.75) is 43.4 Å². The van der Waals surface area contributed by atoms with Crippen LogP contribution in [0.1, 0.15) is 41.6 Å². The Labute approximate surface area is 254 Å². The van der Waals surface area contributed by atoms with Crippen LogP contribution in [0.5, 0.6) is 6.01 Å². The predicted octanol–water partition coefficient (Wildman–Crippen LogP) is 3.55. The third kappa shape index (κ3) is 9.32. The third-order valence-electron chi connectivity index (χ3n) is 6.43. The Bertz CT molecular complexity index is 1500. The largest absolute Gasteiger partial charge is 0.480 e. The van der Waals surface area contributed by atoms with Crippen LogP contribution in [0.25, 0.3) is 0 Å². The standard InChI is InChI=1S/C27H29ClF3N9O4/c28-17-7-5-16(6-8-17)26(11-12-26)40-24-37-23(38-25(39-24)44-14-27(29,30)31)35-18-9-3-15(4-10-18)20(41)36-19(21(42)43)2-1-13-34-22(32)33/h3-10,19H,1-2,11-14H2,(H,36,41)(H,42,43)(H4,32,33,34)(H2,35,37,38,39,40)/t19-/m1/s1. The van der Waals surface area contributed by atoms with Gasteiger partial charge >= 0.3 is 18.2 Å². The van der Waals surface area contributed by atoms with E-state index < -0.39 is 42.3 Å². The van der Waals surface area contributed by atoms with Crippen LogP contribution in [-0.2, 0) is 10.3 Å². The van der Waals surface area contributed by atoms with Crippen molar-refractivity contribution in [3.05, 3.63) is 64.7 Å². The highest BCUT2D eigenvalue weighted by molar-refractivity contribution is 6.30. The summed E-state index contributed by atoms with van der Waals surface area (Å²) in [5.74, 6) is -2.09. The molecular formula is C27H29ClF3N9O4. The van der Waals surface area contributed by atoms with Gasteiger partial charge in [-0.3, -0.25) is 9.79 Å². The van der Waals surface area contributed by atoms with Gasteiger partial charge < -0.3 is 37.3 Å². The van der Waals surface area contributed by atoms with Crippen molar-refractivity contribution in [1.82, 2.24) is 20.3 Å². The first kappa shape index (κ1) is 32.1. The van der Waals surface area contributed by atoms with Gasteiger partial charge in [0.15, 0.2) is 12.6 Å². The Balaban J connectivity index is 1.47. The number of halogens is 4. The number of carbonyl (C=O) groups is 2. The molecule has 3 aromatic rings. The smallest absolute Gasteiger partial charge is 0.422 e. The number of anilines is 3. The highest BCUT2D eigenvalue weighted by Gasteiger charge is 2.45. The van der Waals surface area contributed by atoms with Gasteiger partial charge in [-0.25, -0.2) is 4.79 Å². The molecule has 1 saturated carbocycles. The van der Waals surface area contributed by atoms with Gasteiger partial charge in [0.2, 0.25) is 11.9 Å². The monoisotopic (exact) mass is 635 g/mol. The van der Waals surface area contributed by atoms with Gasteiger partial charge in [-0.05, 0) is 67.6 Å². The first-order chi connectivity index (χ1) is 20.8. The predicted molar refractivity (Wildman–Crippen MR) is 156 cm³/mol. The number of amides is 1. The number of carboxylic acid groups (broad SMARTS) is 1. The maximum atomic E-state index is 12.8. The molecule has 1 aliphatic carbocycles. The molecule has 13 nitrogen and oxygen atoms in total. The first-order valence-corrected chi connectivity index (χ1v) is 13.7. The minimum Gasteiger partial charge on any atom is -0.480 e. The molecule has 8 N–H and O–H groups in total. The van der Waals surface area contributed by atoms with Gasteiger partial charge in [0, 0.05) is 22.8 Å². The summed E-state index contributed by atoms with van der Waals surface area (Å²) < 4.78 is 43.3. The fourth-order valence-electron chi connectivity index (χ4n) is 4.11. The molecule has 4 rings (SSSR count). The van der Waals surface area contributed by atoms with Crippen LogP contribution in [0.15, 0.2) is 53.5 Å². The van der Waals surface area contributed by atoms with Crippen LogP contribution < -0.4 is 32.2 Å². The molecule has 0 aliphatic heterocycles.